The Morgan fingerprint density at radius 2 is 2.00 bits per heavy atom. The first-order valence-electron chi connectivity index (χ1n) is 6.17. The number of nitrogens with two attached hydrogens (primary N) is 1. The van der Waals surface area contributed by atoms with Crippen LogP contribution in [0.25, 0.3) is 0 Å². The fraction of sp³-hybridized carbons (Fsp3) is 0.133. The maximum atomic E-state index is 12.0. The second-order valence-corrected chi connectivity index (χ2v) is 5.43. The van der Waals surface area contributed by atoms with Gasteiger partial charge in [-0.15, -0.1) is 0 Å². The van der Waals surface area contributed by atoms with E-state index in [0.29, 0.717) is 5.69 Å². The van der Waals surface area contributed by atoms with Gasteiger partial charge in [0.1, 0.15) is 0 Å². The number of rotatable bonds is 4. The molecular weight excluding hydrogens is 318 g/mol. The molecule has 0 bridgehead atoms. The first-order chi connectivity index (χ1) is 9.54. The van der Waals surface area contributed by atoms with E-state index < -0.39 is 0 Å². The molecule has 0 aliphatic rings. The molecule has 0 fully saturated rings. The number of hydrogen-bond donors (Lipinski definition) is 2. The summed E-state index contributed by atoms with van der Waals surface area (Å²) in [4.78, 5) is 13.8. The van der Waals surface area contributed by atoms with Crippen LogP contribution in [-0.2, 0) is 4.79 Å². The minimum Gasteiger partial charge on any atom is -0.399 e. The first-order valence-corrected chi connectivity index (χ1v) is 6.96. The van der Waals surface area contributed by atoms with E-state index in [1.165, 1.54) is 0 Å². The smallest absolute Gasteiger partial charge is 0.243 e. The number of hydrogen-bond acceptors (Lipinski definition) is 3. The standard InChI is InChI=1S/C15H16BrN3O/c1-19(14-7-3-5-12(17)9-14)10-15(20)18-13-6-2-4-11(16)8-13/h2-9H,10,17H2,1H3,(H,18,20). The van der Waals surface area contributed by atoms with E-state index in [1.807, 2.05) is 60.5 Å². The van der Waals surface area contributed by atoms with Crippen molar-refractivity contribution in [3.8, 4) is 0 Å². The normalized spacial score (nSPS) is 10.1. The van der Waals surface area contributed by atoms with Gasteiger partial charge in [0.15, 0.2) is 0 Å². The lowest BCUT2D eigenvalue weighted by Gasteiger charge is -2.19. The lowest BCUT2D eigenvalue weighted by atomic mass is 10.2. The van der Waals surface area contributed by atoms with Gasteiger partial charge in [-0.2, -0.15) is 0 Å². The number of benzene rings is 2. The van der Waals surface area contributed by atoms with Crippen LogP contribution in [0.5, 0.6) is 0 Å². The van der Waals surface area contributed by atoms with Crippen LogP contribution < -0.4 is 16.0 Å². The highest BCUT2D eigenvalue weighted by Gasteiger charge is 2.08. The van der Waals surface area contributed by atoms with E-state index in [4.69, 9.17) is 5.73 Å². The van der Waals surface area contributed by atoms with Crippen molar-refractivity contribution in [2.75, 3.05) is 29.5 Å². The summed E-state index contributed by atoms with van der Waals surface area (Å²) in [6, 6.07) is 14.9. The minimum atomic E-state index is -0.0759. The predicted octanol–water partition coefficient (Wildman–Crippen LogP) is 3.11. The lowest BCUT2D eigenvalue weighted by Crippen LogP contribution is -2.30. The topological polar surface area (TPSA) is 58.4 Å². The molecule has 20 heavy (non-hydrogen) atoms. The molecule has 3 N–H and O–H groups in total. The number of halogens is 1. The molecule has 2 aromatic rings. The Labute approximate surface area is 126 Å². The summed E-state index contributed by atoms with van der Waals surface area (Å²) in [6.07, 6.45) is 0. The van der Waals surface area contributed by atoms with Crippen LogP contribution >= 0.6 is 15.9 Å². The molecule has 0 spiro atoms. The average molecular weight is 334 g/mol. The van der Waals surface area contributed by atoms with Gasteiger partial charge < -0.3 is 16.0 Å². The van der Waals surface area contributed by atoms with E-state index in [-0.39, 0.29) is 12.5 Å². The van der Waals surface area contributed by atoms with Gasteiger partial charge in [-0.05, 0) is 36.4 Å². The molecule has 2 aromatic carbocycles. The van der Waals surface area contributed by atoms with Crippen molar-refractivity contribution in [3.05, 3.63) is 53.0 Å². The molecule has 0 aliphatic heterocycles. The summed E-state index contributed by atoms with van der Waals surface area (Å²) >= 11 is 3.37. The fourth-order valence-corrected chi connectivity index (χ4v) is 2.23. The number of anilines is 3. The molecular formula is C15H16BrN3O. The maximum Gasteiger partial charge on any atom is 0.243 e. The molecule has 5 heteroatoms. The third-order valence-electron chi connectivity index (χ3n) is 2.80. The maximum absolute atomic E-state index is 12.0. The molecule has 4 nitrogen and oxygen atoms in total. The highest BCUT2D eigenvalue weighted by Crippen LogP contribution is 2.17. The first kappa shape index (κ1) is 14.4. The zero-order valence-corrected chi connectivity index (χ0v) is 12.7. The molecule has 0 aromatic heterocycles. The van der Waals surface area contributed by atoms with E-state index in [9.17, 15) is 4.79 Å². The highest BCUT2D eigenvalue weighted by atomic mass is 79.9. The Bertz CT molecular complexity index is 616. The van der Waals surface area contributed by atoms with Gasteiger partial charge in [0.05, 0.1) is 6.54 Å². The zero-order chi connectivity index (χ0) is 14.5. The monoisotopic (exact) mass is 333 g/mol. The summed E-state index contributed by atoms with van der Waals surface area (Å²) in [6.45, 7) is 0.260. The number of nitrogen functional groups attached to an aromatic ring is 1. The third-order valence-corrected chi connectivity index (χ3v) is 3.29. The molecule has 0 saturated heterocycles. The lowest BCUT2D eigenvalue weighted by molar-refractivity contribution is -0.114. The number of likely N-dealkylation sites (N-methyl/N-ethyl adjacent to an activating group) is 1. The fourth-order valence-electron chi connectivity index (χ4n) is 1.84. The van der Waals surface area contributed by atoms with Crippen molar-refractivity contribution in [3.63, 3.8) is 0 Å². The van der Waals surface area contributed by atoms with Crippen LogP contribution in [0, 0.1) is 0 Å². The third kappa shape index (κ3) is 3.99. The number of carbonyl (C=O) groups excluding carboxylic acids is 1. The van der Waals surface area contributed by atoms with Crippen LogP contribution in [0.15, 0.2) is 53.0 Å². The molecule has 0 saturated carbocycles. The summed E-state index contributed by atoms with van der Waals surface area (Å²) < 4.78 is 0.930. The Morgan fingerprint density at radius 3 is 2.70 bits per heavy atom. The van der Waals surface area contributed by atoms with Crippen LogP contribution in [-0.4, -0.2) is 19.5 Å². The SMILES string of the molecule is CN(CC(=O)Nc1cccc(Br)c1)c1cccc(N)c1. The minimum absolute atomic E-state index is 0.0759. The predicted molar refractivity (Wildman–Crippen MR) is 86.9 cm³/mol. The number of nitrogens with one attached hydrogen (secondary N) is 1. The van der Waals surface area contributed by atoms with Gasteiger partial charge in [0.25, 0.3) is 0 Å². The summed E-state index contributed by atoms with van der Waals surface area (Å²) in [5.41, 5.74) is 8.10. The molecule has 104 valence electrons. The van der Waals surface area contributed by atoms with Crippen LogP contribution in [0.3, 0.4) is 0 Å². The molecule has 0 heterocycles. The average Bonchev–Trinajstić information content (AvgIpc) is 2.38. The quantitative estimate of drug-likeness (QED) is 0.845. The van der Waals surface area contributed by atoms with E-state index >= 15 is 0 Å². The highest BCUT2D eigenvalue weighted by molar-refractivity contribution is 9.10. The van der Waals surface area contributed by atoms with Crippen LogP contribution in [0.2, 0.25) is 0 Å². The Hall–Kier alpha value is -2.01. The second-order valence-electron chi connectivity index (χ2n) is 4.51. The molecule has 0 radical (unpaired) electrons. The zero-order valence-electron chi connectivity index (χ0n) is 11.1. The largest absolute Gasteiger partial charge is 0.399 e. The van der Waals surface area contributed by atoms with Gasteiger partial charge in [-0.1, -0.05) is 28.1 Å². The number of amides is 1. The number of carbonyl (C=O) groups is 1. The van der Waals surface area contributed by atoms with Crippen molar-refractivity contribution >= 4 is 38.9 Å². The van der Waals surface area contributed by atoms with Gasteiger partial charge in [0.2, 0.25) is 5.91 Å². The van der Waals surface area contributed by atoms with E-state index in [2.05, 4.69) is 21.2 Å². The Kier molecular flexibility index (Phi) is 4.63. The molecule has 0 aliphatic carbocycles. The van der Waals surface area contributed by atoms with Crippen molar-refractivity contribution in [2.45, 2.75) is 0 Å². The molecule has 1 amide bonds. The summed E-state index contributed by atoms with van der Waals surface area (Å²) in [5, 5.41) is 2.86. The van der Waals surface area contributed by atoms with Gasteiger partial charge >= 0.3 is 0 Å². The van der Waals surface area contributed by atoms with E-state index in [0.717, 1.165) is 15.8 Å². The Balaban J connectivity index is 1.97. The van der Waals surface area contributed by atoms with Gasteiger partial charge in [-0.3, -0.25) is 4.79 Å². The van der Waals surface area contributed by atoms with E-state index in [1.54, 1.807) is 0 Å². The van der Waals surface area contributed by atoms with Crippen molar-refractivity contribution in [1.29, 1.82) is 0 Å². The van der Waals surface area contributed by atoms with Crippen molar-refractivity contribution in [2.24, 2.45) is 0 Å². The van der Waals surface area contributed by atoms with Crippen LogP contribution in [0.4, 0.5) is 17.1 Å². The van der Waals surface area contributed by atoms with Gasteiger partial charge in [-0.25, -0.2) is 0 Å². The summed E-state index contributed by atoms with van der Waals surface area (Å²) in [5.74, 6) is -0.0759. The molecule has 0 unspecified atom stereocenters. The second kappa shape index (κ2) is 6.43. The number of nitrogens with zero attached hydrogens (tertiary/aromatic N) is 1. The Morgan fingerprint density at radius 1 is 1.25 bits per heavy atom. The van der Waals surface area contributed by atoms with Crippen molar-refractivity contribution in [1.82, 2.24) is 0 Å². The molecule has 0 atom stereocenters. The van der Waals surface area contributed by atoms with Gasteiger partial charge in [0, 0.05) is 28.6 Å². The summed E-state index contributed by atoms with van der Waals surface area (Å²) in [7, 11) is 1.86. The van der Waals surface area contributed by atoms with Crippen molar-refractivity contribution < 1.29 is 4.79 Å². The van der Waals surface area contributed by atoms with Crippen LogP contribution in [0.1, 0.15) is 0 Å². The molecule has 2 rings (SSSR count).